The number of nitrogens with zero attached hydrogens (tertiary/aromatic N) is 1. The van der Waals surface area contributed by atoms with Gasteiger partial charge >= 0.3 is 0 Å². The van der Waals surface area contributed by atoms with Gasteiger partial charge < -0.3 is 10.4 Å². The molecule has 0 unspecified atom stereocenters. The van der Waals surface area contributed by atoms with Gasteiger partial charge in [0.25, 0.3) is 0 Å². The Kier molecular flexibility index (Phi) is 4.95. The van der Waals surface area contributed by atoms with E-state index >= 15 is 0 Å². The molecule has 0 atom stereocenters. The highest BCUT2D eigenvalue weighted by atomic mass is 35.5. The third-order valence-electron chi connectivity index (χ3n) is 2.71. The average molecular weight is 311 g/mol. The van der Waals surface area contributed by atoms with Gasteiger partial charge in [-0.05, 0) is 29.8 Å². The number of carbonyl (C=O) groups excluding carboxylic acids is 1. The van der Waals surface area contributed by atoms with E-state index < -0.39 is 0 Å². The first-order valence-corrected chi connectivity index (χ1v) is 6.63. The van der Waals surface area contributed by atoms with Gasteiger partial charge in [0.05, 0.1) is 24.9 Å². The molecule has 0 fully saturated rings. The summed E-state index contributed by atoms with van der Waals surface area (Å²) in [4.78, 5) is 15.9. The van der Waals surface area contributed by atoms with Gasteiger partial charge in [-0.2, -0.15) is 0 Å². The minimum absolute atomic E-state index is 0.0964. The summed E-state index contributed by atoms with van der Waals surface area (Å²) in [6.07, 6.45) is 3.14. The third kappa shape index (κ3) is 3.70. The molecule has 0 saturated heterocycles. The van der Waals surface area contributed by atoms with Gasteiger partial charge in [0.2, 0.25) is 5.91 Å². The Morgan fingerprint density at radius 3 is 2.80 bits per heavy atom. The molecule has 1 heterocycles. The molecule has 0 saturated carbocycles. The summed E-state index contributed by atoms with van der Waals surface area (Å²) in [6, 6.07) is 6.60. The molecule has 4 nitrogen and oxygen atoms in total. The zero-order valence-electron chi connectivity index (χ0n) is 10.4. The minimum atomic E-state index is -0.253. The number of carbonyl (C=O) groups is 1. The van der Waals surface area contributed by atoms with Crippen molar-refractivity contribution in [3.05, 3.63) is 57.8 Å². The molecular formula is C14H12Cl2N2O2. The van der Waals surface area contributed by atoms with Crippen LogP contribution in [0.2, 0.25) is 10.0 Å². The molecule has 2 rings (SSSR count). The van der Waals surface area contributed by atoms with Crippen LogP contribution in [0.25, 0.3) is 0 Å². The van der Waals surface area contributed by atoms with Crippen molar-refractivity contribution in [2.24, 2.45) is 0 Å². The molecule has 1 aromatic carbocycles. The van der Waals surface area contributed by atoms with Crippen LogP contribution in [-0.4, -0.2) is 16.0 Å². The number of hydrogen-bond acceptors (Lipinski definition) is 3. The molecule has 2 N–H and O–H groups in total. The first kappa shape index (κ1) is 14.8. The molecule has 0 aliphatic carbocycles. The van der Waals surface area contributed by atoms with Crippen molar-refractivity contribution in [1.29, 1.82) is 0 Å². The molecule has 0 radical (unpaired) electrons. The van der Waals surface area contributed by atoms with Crippen molar-refractivity contribution in [2.75, 3.05) is 5.32 Å². The smallest absolute Gasteiger partial charge is 0.228 e. The largest absolute Gasteiger partial charge is 0.392 e. The maximum absolute atomic E-state index is 12.0. The second kappa shape index (κ2) is 6.70. The first-order chi connectivity index (χ1) is 9.60. The van der Waals surface area contributed by atoms with Gasteiger partial charge in [0.15, 0.2) is 0 Å². The van der Waals surface area contributed by atoms with Gasteiger partial charge in [-0.1, -0.05) is 23.2 Å². The van der Waals surface area contributed by atoms with E-state index in [4.69, 9.17) is 23.2 Å². The Bertz CT molecular complexity index is 632. The van der Waals surface area contributed by atoms with Crippen molar-refractivity contribution in [3.63, 3.8) is 0 Å². The molecule has 0 aliphatic rings. The average Bonchev–Trinajstić information content (AvgIpc) is 2.43. The molecule has 1 amide bonds. The van der Waals surface area contributed by atoms with E-state index in [-0.39, 0.29) is 18.9 Å². The quantitative estimate of drug-likeness (QED) is 0.912. The van der Waals surface area contributed by atoms with Crippen LogP contribution in [0.4, 0.5) is 5.69 Å². The summed E-state index contributed by atoms with van der Waals surface area (Å²) in [7, 11) is 0. The lowest BCUT2D eigenvalue weighted by Crippen LogP contribution is -2.16. The monoisotopic (exact) mass is 310 g/mol. The number of benzene rings is 1. The third-order valence-corrected chi connectivity index (χ3v) is 3.32. The van der Waals surface area contributed by atoms with E-state index in [1.54, 1.807) is 30.5 Å². The second-order valence-electron chi connectivity index (χ2n) is 4.15. The number of nitrogens with one attached hydrogen (secondary N) is 1. The van der Waals surface area contributed by atoms with E-state index in [1.165, 1.54) is 6.20 Å². The van der Waals surface area contributed by atoms with Gasteiger partial charge in [0.1, 0.15) is 0 Å². The Balaban J connectivity index is 2.11. The summed E-state index contributed by atoms with van der Waals surface area (Å²) in [6.45, 7) is -0.171. The van der Waals surface area contributed by atoms with Crippen LogP contribution in [0.15, 0.2) is 36.7 Å². The van der Waals surface area contributed by atoms with Crippen molar-refractivity contribution >= 4 is 34.8 Å². The Labute approximate surface area is 126 Å². The van der Waals surface area contributed by atoms with E-state index in [9.17, 15) is 9.90 Å². The Morgan fingerprint density at radius 2 is 2.05 bits per heavy atom. The van der Waals surface area contributed by atoms with E-state index in [0.29, 0.717) is 26.9 Å². The minimum Gasteiger partial charge on any atom is -0.392 e. The van der Waals surface area contributed by atoms with Gasteiger partial charge in [0, 0.05) is 21.8 Å². The summed E-state index contributed by atoms with van der Waals surface area (Å²) < 4.78 is 0. The Morgan fingerprint density at radius 1 is 1.25 bits per heavy atom. The van der Waals surface area contributed by atoms with Crippen LogP contribution < -0.4 is 5.32 Å². The molecule has 6 heteroatoms. The molecule has 0 aliphatic heterocycles. The van der Waals surface area contributed by atoms with Crippen molar-refractivity contribution in [3.8, 4) is 0 Å². The lowest BCUT2D eigenvalue weighted by molar-refractivity contribution is -0.115. The molecule has 0 spiro atoms. The molecule has 1 aromatic heterocycles. The van der Waals surface area contributed by atoms with Crippen LogP contribution >= 0.6 is 23.2 Å². The molecule has 2 aromatic rings. The van der Waals surface area contributed by atoms with Crippen LogP contribution in [-0.2, 0) is 17.8 Å². The van der Waals surface area contributed by atoms with Crippen LogP contribution in [0.3, 0.4) is 0 Å². The van der Waals surface area contributed by atoms with Gasteiger partial charge in [-0.25, -0.2) is 0 Å². The standard InChI is InChI=1S/C14H12Cl2N2O2/c15-11-1-2-12(16)10(5-11)6-14(20)18-13-7-17-4-3-9(13)8-19/h1-5,7,19H,6,8H2,(H,18,20). The Hall–Kier alpha value is -1.62. The lowest BCUT2D eigenvalue weighted by atomic mass is 10.1. The fourth-order valence-electron chi connectivity index (χ4n) is 1.72. The van der Waals surface area contributed by atoms with Crippen molar-refractivity contribution in [2.45, 2.75) is 13.0 Å². The van der Waals surface area contributed by atoms with Crippen molar-refractivity contribution in [1.82, 2.24) is 4.98 Å². The first-order valence-electron chi connectivity index (χ1n) is 5.87. The predicted octanol–water partition coefficient (Wildman–Crippen LogP) is 3.06. The summed E-state index contributed by atoms with van der Waals surface area (Å²) in [5.41, 5.74) is 1.73. The van der Waals surface area contributed by atoms with Gasteiger partial charge in [-0.3, -0.25) is 9.78 Å². The number of amides is 1. The van der Waals surface area contributed by atoms with E-state index in [2.05, 4.69) is 10.3 Å². The highest BCUT2D eigenvalue weighted by molar-refractivity contribution is 6.33. The summed E-state index contributed by atoms with van der Waals surface area (Å²) >= 11 is 11.9. The molecule has 0 bridgehead atoms. The number of pyridine rings is 1. The highest BCUT2D eigenvalue weighted by Crippen LogP contribution is 2.22. The summed E-state index contributed by atoms with van der Waals surface area (Å²) in [5.74, 6) is -0.253. The normalized spacial score (nSPS) is 10.3. The van der Waals surface area contributed by atoms with Gasteiger partial charge in [-0.15, -0.1) is 0 Å². The van der Waals surface area contributed by atoms with E-state index in [0.717, 1.165) is 0 Å². The maximum Gasteiger partial charge on any atom is 0.228 e. The molecule has 20 heavy (non-hydrogen) atoms. The predicted molar refractivity (Wildman–Crippen MR) is 79.0 cm³/mol. The maximum atomic E-state index is 12.0. The fraction of sp³-hybridized carbons (Fsp3) is 0.143. The van der Waals surface area contributed by atoms with Crippen LogP contribution in [0.5, 0.6) is 0 Å². The highest BCUT2D eigenvalue weighted by Gasteiger charge is 2.10. The SMILES string of the molecule is O=C(Cc1cc(Cl)ccc1Cl)Nc1cnccc1CO. The number of aliphatic hydroxyl groups excluding tert-OH is 1. The van der Waals surface area contributed by atoms with Crippen LogP contribution in [0, 0.1) is 0 Å². The lowest BCUT2D eigenvalue weighted by Gasteiger charge is -2.09. The number of aliphatic hydroxyl groups is 1. The second-order valence-corrected chi connectivity index (χ2v) is 5.00. The number of rotatable bonds is 4. The number of aromatic nitrogens is 1. The molecular weight excluding hydrogens is 299 g/mol. The summed E-state index contributed by atoms with van der Waals surface area (Å²) in [5, 5.41) is 12.9. The zero-order chi connectivity index (χ0) is 14.5. The van der Waals surface area contributed by atoms with Crippen molar-refractivity contribution < 1.29 is 9.90 Å². The number of hydrogen-bond donors (Lipinski definition) is 2. The fourth-order valence-corrected chi connectivity index (χ4v) is 2.10. The molecule has 104 valence electrons. The number of anilines is 1. The number of halogens is 2. The van der Waals surface area contributed by atoms with E-state index in [1.807, 2.05) is 0 Å². The van der Waals surface area contributed by atoms with Crippen LogP contribution in [0.1, 0.15) is 11.1 Å². The topological polar surface area (TPSA) is 62.2 Å². The zero-order valence-corrected chi connectivity index (χ0v) is 11.9.